The van der Waals surface area contributed by atoms with Crippen molar-refractivity contribution in [2.75, 3.05) is 6.54 Å². The molecule has 1 aliphatic carbocycles. The van der Waals surface area contributed by atoms with Gasteiger partial charge in [0.25, 0.3) is 11.5 Å². The van der Waals surface area contributed by atoms with Crippen LogP contribution in [0.1, 0.15) is 47.6 Å². The summed E-state index contributed by atoms with van der Waals surface area (Å²) < 4.78 is 15.6. The predicted octanol–water partition coefficient (Wildman–Crippen LogP) is 3.43. The number of ether oxygens (including phenoxy) is 2. The lowest BCUT2D eigenvalue weighted by molar-refractivity contribution is -0.150. The summed E-state index contributed by atoms with van der Waals surface area (Å²) in [5, 5.41) is 12.2. The number of amides is 1. The van der Waals surface area contributed by atoms with Crippen molar-refractivity contribution in [1.29, 1.82) is 0 Å². The molecular formula is C29H33N3O5. The Bertz CT molecular complexity index is 1340. The number of nitrogens with one attached hydrogen (secondary N) is 1. The molecule has 2 atom stereocenters. The molecule has 0 radical (unpaired) electrons. The van der Waals surface area contributed by atoms with Crippen LogP contribution in [0, 0.1) is 12.8 Å². The summed E-state index contributed by atoms with van der Waals surface area (Å²) in [6.07, 6.45) is 3.73. The Hall–Kier alpha value is -3.62. The van der Waals surface area contributed by atoms with Crippen LogP contribution in [0.3, 0.4) is 0 Å². The summed E-state index contributed by atoms with van der Waals surface area (Å²) in [7, 11) is 1.86. The lowest BCUT2D eigenvalue weighted by Crippen LogP contribution is -2.34. The van der Waals surface area contributed by atoms with Crippen molar-refractivity contribution in [2.24, 2.45) is 13.0 Å². The standard InChI is InChI=1S/C29H33N3O5/c1-19-27(29(35)32(31(19)2)24-6-4-3-5-7-24)23-14-25(28(34)30-16-20-8-9-20)37-26(15-23)36-18-22-12-10-21(17-33)11-13-22/h3-7,10-14,20,23,26,33H,8-9,15-18H2,1-2H3,(H,30,34). The molecule has 1 aromatic heterocycles. The van der Waals surface area contributed by atoms with E-state index in [1.807, 2.05) is 73.3 Å². The summed E-state index contributed by atoms with van der Waals surface area (Å²) in [4.78, 5) is 26.7. The number of hydrogen-bond acceptors (Lipinski definition) is 5. The molecule has 194 valence electrons. The van der Waals surface area contributed by atoms with Crippen LogP contribution in [0.5, 0.6) is 0 Å². The van der Waals surface area contributed by atoms with Gasteiger partial charge in [0.2, 0.25) is 6.29 Å². The number of carbonyl (C=O) groups is 1. The van der Waals surface area contributed by atoms with Gasteiger partial charge < -0.3 is 19.9 Å². The fraction of sp³-hybridized carbons (Fsp3) is 0.379. The minimum absolute atomic E-state index is 0.0182. The number of rotatable bonds is 9. The topological polar surface area (TPSA) is 94.7 Å². The quantitative estimate of drug-likeness (QED) is 0.467. The molecule has 0 bridgehead atoms. The van der Waals surface area contributed by atoms with Crippen molar-refractivity contribution in [3.8, 4) is 5.69 Å². The Balaban J connectivity index is 1.42. The van der Waals surface area contributed by atoms with Crippen LogP contribution in [0.2, 0.25) is 0 Å². The third-order valence-corrected chi connectivity index (χ3v) is 7.14. The molecule has 0 spiro atoms. The number of aliphatic hydroxyl groups is 1. The highest BCUT2D eigenvalue weighted by Gasteiger charge is 2.33. The average Bonchev–Trinajstić information content (AvgIpc) is 3.72. The summed E-state index contributed by atoms with van der Waals surface area (Å²) in [6.45, 7) is 2.81. The van der Waals surface area contributed by atoms with Crippen molar-refractivity contribution in [3.05, 3.63) is 99.2 Å². The van der Waals surface area contributed by atoms with Gasteiger partial charge in [-0.25, -0.2) is 4.68 Å². The zero-order valence-electron chi connectivity index (χ0n) is 21.2. The molecule has 2 unspecified atom stereocenters. The number of hydrogen-bond donors (Lipinski definition) is 2. The highest BCUT2D eigenvalue weighted by atomic mass is 16.7. The Labute approximate surface area is 216 Å². The molecule has 2 N–H and O–H groups in total. The first-order valence-electron chi connectivity index (χ1n) is 12.8. The predicted molar refractivity (Wildman–Crippen MR) is 139 cm³/mol. The van der Waals surface area contributed by atoms with Crippen LogP contribution in [-0.4, -0.2) is 33.2 Å². The molecule has 0 saturated heterocycles. The maximum Gasteiger partial charge on any atom is 0.286 e. The fourth-order valence-corrected chi connectivity index (χ4v) is 4.71. The Morgan fingerprint density at radius 2 is 1.81 bits per heavy atom. The van der Waals surface area contributed by atoms with Gasteiger partial charge in [-0.3, -0.25) is 14.3 Å². The summed E-state index contributed by atoms with van der Waals surface area (Å²) >= 11 is 0. The lowest BCUT2D eigenvalue weighted by Gasteiger charge is -2.29. The first kappa shape index (κ1) is 25.0. The number of aliphatic hydroxyl groups excluding tert-OH is 1. The minimum atomic E-state index is -0.696. The molecular weight excluding hydrogens is 470 g/mol. The molecule has 3 aromatic rings. The highest BCUT2D eigenvalue weighted by Crippen LogP contribution is 2.33. The van der Waals surface area contributed by atoms with Crippen molar-refractivity contribution in [2.45, 2.75) is 51.6 Å². The monoisotopic (exact) mass is 503 g/mol. The second-order valence-corrected chi connectivity index (χ2v) is 9.83. The average molecular weight is 504 g/mol. The van der Waals surface area contributed by atoms with Crippen molar-refractivity contribution < 1.29 is 19.4 Å². The van der Waals surface area contributed by atoms with Gasteiger partial charge in [-0.05, 0) is 55.0 Å². The third kappa shape index (κ3) is 5.55. The van der Waals surface area contributed by atoms with Crippen molar-refractivity contribution >= 4 is 5.91 Å². The molecule has 8 heteroatoms. The molecule has 2 aliphatic rings. The van der Waals surface area contributed by atoms with Crippen LogP contribution in [0.15, 0.2) is 71.2 Å². The largest absolute Gasteiger partial charge is 0.459 e. The van der Waals surface area contributed by atoms with E-state index in [0.29, 0.717) is 24.4 Å². The second kappa shape index (κ2) is 10.8. The molecule has 8 nitrogen and oxygen atoms in total. The number of aromatic nitrogens is 2. The molecule has 5 rings (SSSR count). The normalized spacial score (nSPS) is 19.3. The summed E-state index contributed by atoms with van der Waals surface area (Å²) in [5.41, 5.74) is 3.86. The van der Waals surface area contributed by atoms with Crippen LogP contribution in [0.4, 0.5) is 0 Å². The molecule has 1 saturated carbocycles. The molecule has 1 aliphatic heterocycles. The Morgan fingerprint density at radius 1 is 1.11 bits per heavy atom. The van der Waals surface area contributed by atoms with E-state index in [1.54, 1.807) is 10.8 Å². The van der Waals surface area contributed by atoms with Gasteiger partial charge in [-0.2, -0.15) is 0 Å². The Kier molecular flexibility index (Phi) is 7.30. The Morgan fingerprint density at radius 3 is 2.49 bits per heavy atom. The zero-order chi connectivity index (χ0) is 25.9. The van der Waals surface area contributed by atoms with Gasteiger partial charge >= 0.3 is 0 Å². The van der Waals surface area contributed by atoms with E-state index < -0.39 is 6.29 Å². The number of allylic oxidation sites excluding steroid dienone is 1. The van der Waals surface area contributed by atoms with Crippen LogP contribution >= 0.6 is 0 Å². The van der Waals surface area contributed by atoms with Crippen molar-refractivity contribution in [3.63, 3.8) is 0 Å². The van der Waals surface area contributed by atoms with Crippen molar-refractivity contribution in [1.82, 2.24) is 14.7 Å². The zero-order valence-corrected chi connectivity index (χ0v) is 21.2. The number of carbonyl (C=O) groups excluding carboxylic acids is 1. The number of benzene rings is 2. The molecule has 37 heavy (non-hydrogen) atoms. The van der Waals surface area contributed by atoms with E-state index in [1.165, 1.54) is 0 Å². The van der Waals surface area contributed by atoms with Gasteiger partial charge in [-0.15, -0.1) is 0 Å². The van der Waals surface area contributed by atoms with E-state index >= 15 is 0 Å². The van der Waals surface area contributed by atoms with Crippen LogP contribution in [0.25, 0.3) is 5.69 Å². The molecule has 1 amide bonds. The fourth-order valence-electron chi connectivity index (χ4n) is 4.71. The van der Waals surface area contributed by atoms with Gasteiger partial charge in [0.15, 0.2) is 5.76 Å². The summed E-state index contributed by atoms with van der Waals surface area (Å²) in [6, 6.07) is 17.0. The molecule has 1 fully saturated rings. The third-order valence-electron chi connectivity index (χ3n) is 7.14. The van der Waals surface area contributed by atoms with E-state index in [4.69, 9.17) is 9.47 Å². The van der Waals surface area contributed by atoms with E-state index in [2.05, 4.69) is 5.32 Å². The van der Waals surface area contributed by atoms with Crippen LogP contribution in [-0.2, 0) is 34.5 Å². The minimum Gasteiger partial charge on any atom is -0.459 e. The lowest BCUT2D eigenvalue weighted by atomic mass is 9.93. The second-order valence-electron chi connectivity index (χ2n) is 9.83. The number of nitrogens with zero attached hydrogens (tertiary/aromatic N) is 2. The first-order chi connectivity index (χ1) is 17.9. The SMILES string of the molecule is Cc1c(C2C=C(C(=O)NCC3CC3)OC(OCc3ccc(CO)cc3)C2)c(=O)n(-c2ccccc2)n1C. The molecule has 2 aromatic carbocycles. The highest BCUT2D eigenvalue weighted by molar-refractivity contribution is 5.91. The molecule has 2 heterocycles. The summed E-state index contributed by atoms with van der Waals surface area (Å²) in [5.74, 6) is 0.0917. The maximum atomic E-state index is 13.7. The van der Waals surface area contributed by atoms with E-state index in [0.717, 1.165) is 35.3 Å². The van der Waals surface area contributed by atoms with Gasteiger partial charge in [-0.1, -0.05) is 42.5 Å². The maximum absolute atomic E-state index is 13.7. The number of para-hydroxylation sites is 1. The van der Waals surface area contributed by atoms with E-state index in [-0.39, 0.29) is 36.4 Å². The van der Waals surface area contributed by atoms with Crippen LogP contribution < -0.4 is 10.9 Å². The van der Waals surface area contributed by atoms with Gasteiger partial charge in [0.1, 0.15) is 0 Å². The first-order valence-corrected chi connectivity index (χ1v) is 12.8. The van der Waals surface area contributed by atoms with E-state index in [9.17, 15) is 14.7 Å². The van der Waals surface area contributed by atoms with Gasteiger partial charge in [0.05, 0.1) is 18.9 Å². The smallest absolute Gasteiger partial charge is 0.286 e. The van der Waals surface area contributed by atoms with Gasteiger partial charge in [0, 0.05) is 37.2 Å².